The van der Waals surface area contributed by atoms with Crippen LogP contribution in [0.15, 0.2) is 52.4 Å². The summed E-state index contributed by atoms with van der Waals surface area (Å²) in [7, 11) is 0. The van der Waals surface area contributed by atoms with Gasteiger partial charge < -0.3 is 9.64 Å². The molecule has 2 aliphatic heterocycles. The van der Waals surface area contributed by atoms with E-state index in [-0.39, 0.29) is 17.6 Å². The standard InChI is InChI=1S/C27H30N4O4S/c1-19-7-9-21(10-8-19)28-27-30(22-5-3-2-4-6-22)26(32)25(36-27)18-20-17-23(31(33)34)11-12-24(20)29-13-15-35-16-14-29/h7-12,17-18,22H,2-6,13-16H2,1H3/b25-18+,28-27?. The van der Waals surface area contributed by atoms with Crippen molar-refractivity contribution in [2.75, 3.05) is 31.2 Å². The summed E-state index contributed by atoms with van der Waals surface area (Å²) in [5, 5.41) is 12.2. The Morgan fingerprint density at radius 1 is 1.08 bits per heavy atom. The normalized spacial score (nSPS) is 21.5. The number of carbonyl (C=O) groups is 1. The molecular weight excluding hydrogens is 476 g/mol. The first-order valence-corrected chi connectivity index (χ1v) is 13.3. The van der Waals surface area contributed by atoms with Crippen LogP contribution in [0.25, 0.3) is 6.08 Å². The number of non-ortho nitro benzene ring substituents is 1. The number of ether oxygens (including phenoxy) is 1. The van der Waals surface area contributed by atoms with Gasteiger partial charge in [-0.15, -0.1) is 0 Å². The van der Waals surface area contributed by atoms with E-state index in [0.717, 1.165) is 42.6 Å². The molecule has 8 nitrogen and oxygen atoms in total. The van der Waals surface area contributed by atoms with Gasteiger partial charge in [0.1, 0.15) is 0 Å². The van der Waals surface area contributed by atoms with Gasteiger partial charge in [-0.25, -0.2) is 4.99 Å². The monoisotopic (exact) mass is 506 g/mol. The summed E-state index contributed by atoms with van der Waals surface area (Å²) in [6.45, 7) is 4.63. The maximum atomic E-state index is 13.8. The summed E-state index contributed by atoms with van der Waals surface area (Å²) >= 11 is 1.36. The van der Waals surface area contributed by atoms with Crippen molar-refractivity contribution in [2.24, 2.45) is 4.99 Å². The van der Waals surface area contributed by atoms with Gasteiger partial charge in [-0.1, -0.05) is 37.0 Å². The Morgan fingerprint density at radius 2 is 1.81 bits per heavy atom. The van der Waals surface area contributed by atoms with E-state index in [1.165, 1.54) is 24.2 Å². The van der Waals surface area contributed by atoms with E-state index in [9.17, 15) is 14.9 Å². The van der Waals surface area contributed by atoms with Gasteiger partial charge in [0.05, 0.1) is 28.7 Å². The smallest absolute Gasteiger partial charge is 0.270 e. The van der Waals surface area contributed by atoms with E-state index in [2.05, 4.69) is 4.90 Å². The van der Waals surface area contributed by atoms with Crippen LogP contribution in [0.2, 0.25) is 0 Å². The lowest BCUT2D eigenvalue weighted by molar-refractivity contribution is -0.384. The number of hydrogen-bond acceptors (Lipinski definition) is 7. The van der Waals surface area contributed by atoms with Gasteiger partial charge in [-0.05, 0) is 55.8 Å². The number of benzene rings is 2. The van der Waals surface area contributed by atoms with Crippen LogP contribution in [-0.4, -0.2) is 53.2 Å². The Morgan fingerprint density at radius 3 is 2.50 bits per heavy atom. The largest absolute Gasteiger partial charge is 0.378 e. The van der Waals surface area contributed by atoms with Crippen LogP contribution in [0.5, 0.6) is 0 Å². The predicted octanol–water partition coefficient (Wildman–Crippen LogP) is 5.68. The summed E-state index contributed by atoms with van der Waals surface area (Å²) in [4.78, 5) is 34.3. The summed E-state index contributed by atoms with van der Waals surface area (Å²) in [6.07, 6.45) is 7.11. The average molecular weight is 507 g/mol. The minimum Gasteiger partial charge on any atom is -0.378 e. The molecule has 1 saturated carbocycles. The van der Waals surface area contributed by atoms with Crippen molar-refractivity contribution in [3.8, 4) is 0 Å². The third-order valence-corrected chi connectivity index (χ3v) is 7.88. The zero-order valence-electron chi connectivity index (χ0n) is 20.4. The number of aliphatic imine (C=N–C) groups is 1. The lowest BCUT2D eigenvalue weighted by Crippen LogP contribution is -2.40. The fraction of sp³-hybridized carbons (Fsp3) is 0.407. The number of amidine groups is 1. The molecule has 0 bridgehead atoms. The highest BCUT2D eigenvalue weighted by Gasteiger charge is 2.39. The number of anilines is 1. The Balaban J connectivity index is 1.54. The van der Waals surface area contributed by atoms with Gasteiger partial charge in [0.15, 0.2) is 5.17 Å². The van der Waals surface area contributed by atoms with Gasteiger partial charge >= 0.3 is 0 Å². The Bertz CT molecular complexity index is 1200. The van der Waals surface area contributed by atoms with Crippen LogP contribution >= 0.6 is 11.8 Å². The molecular formula is C27H30N4O4S. The Hall–Kier alpha value is -3.17. The Labute approximate surface area is 215 Å². The quantitative estimate of drug-likeness (QED) is 0.295. The van der Waals surface area contributed by atoms with E-state index in [4.69, 9.17) is 9.73 Å². The second kappa shape index (κ2) is 10.8. The van der Waals surface area contributed by atoms with Crippen molar-refractivity contribution in [1.82, 2.24) is 4.90 Å². The molecule has 1 aliphatic carbocycles. The van der Waals surface area contributed by atoms with E-state index in [1.54, 1.807) is 18.2 Å². The fourth-order valence-corrected chi connectivity index (χ4v) is 6.01. The third kappa shape index (κ3) is 5.32. The van der Waals surface area contributed by atoms with Gasteiger partial charge in [-0.2, -0.15) is 0 Å². The van der Waals surface area contributed by atoms with Crippen molar-refractivity contribution < 1.29 is 14.5 Å². The number of morpholine rings is 1. The first-order chi connectivity index (χ1) is 17.5. The highest BCUT2D eigenvalue weighted by atomic mass is 32.2. The lowest BCUT2D eigenvalue weighted by atomic mass is 9.94. The number of aryl methyl sites for hydroxylation is 1. The number of nitrogens with zero attached hydrogens (tertiary/aromatic N) is 4. The second-order valence-electron chi connectivity index (χ2n) is 9.41. The molecule has 3 fully saturated rings. The van der Waals surface area contributed by atoms with Crippen LogP contribution in [0.4, 0.5) is 17.1 Å². The van der Waals surface area contributed by atoms with Crippen LogP contribution in [0, 0.1) is 17.0 Å². The predicted molar refractivity (Wildman–Crippen MR) is 144 cm³/mol. The molecule has 2 saturated heterocycles. The van der Waals surface area contributed by atoms with Crippen molar-refractivity contribution >= 4 is 46.0 Å². The van der Waals surface area contributed by atoms with E-state index in [1.807, 2.05) is 36.1 Å². The molecule has 0 N–H and O–H groups in total. The summed E-state index contributed by atoms with van der Waals surface area (Å²) in [5.41, 5.74) is 3.51. The molecule has 9 heteroatoms. The highest BCUT2D eigenvalue weighted by Crippen LogP contribution is 2.40. The molecule has 188 valence electrons. The van der Waals surface area contributed by atoms with Crippen molar-refractivity contribution in [1.29, 1.82) is 0 Å². The topological polar surface area (TPSA) is 88.3 Å². The van der Waals surface area contributed by atoms with E-state index < -0.39 is 4.92 Å². The van der Waals surface area contributed by atoms with Gasteiger partial charge in [-0.3, -0.25) is 19.8 Å². The number of rotatable bonds is 5. The first-order valence-electron chi connectivity index (χ1n) is 12.5. The van der Waals surface area contributed by atoms with Crippen LogP contribution in [0.1, 0.15) is 43.2 Å². The molecule has 5 rings (SSSR count). The number of nitro benzene ring substituents is 1. The molecule has 0 aromatic heterocycles. The lowest BCUT2D eigenvalue weighted by Gasteiger charge is -2.30. The molecule has 2 aromatic rings. The minimum atomic E-state index is -0.396. The van der Waals surface area contributed by atoms with Crippen molar-refractivity contribution in [2.45, 2.75) is 45.1 Å². The molecule has 36 heavy (non-hydrogen) atoms. The maximum Gasteiger partial charge on any atom is 0.270 e. The molecule has 0 radical (unpaired) electrons. The minimum absolute atomic E-state index is 0.00647. The summed E-state index contributed by atoms with van der Waals surface area (Å²) in [6, 6.07) is 12.9. The van der Waals surface area contributed by atoms with Crippen LogP contribution in [-0.2, 0) is 9.53 Å². The fourth-order valence-electron chi connectivity index (χ4n) is 4.96. The molecule has 0 unspecified atom stereocenters. The van der Waals surface area contributed by atoms with E-state index in [0.29, 0.717) is 41.9 Å². The average Bonchev–Trinajstić information content (AvgIpc) is 3.20. The molecule has 0 spiro atoms. The van der Waals surface area contributed by atoms with Gasteiger partial charge in [0.2, 0.25) is 0 Å². The highest BCUT2D eigenvalue weighted by molar-refractivity contribution is 8.18. The number of amides is 1. The molecule has 2 aromatic carbocycles. The van der Waals surface area contributed by atoms with Gasteiger partial charge in [0.25, 0.3) is 11.6 Å². The van der Waals surface area contributed by atoms with Crippen LogP contribution in [0.3, 0.4) is 0 Å². The number of thioether (sulfide) groups is 1. The second-order valence-corrected chi connectivity index (χ2v) is 10.4. The molecule has 2 heterocycles. The SMILES string of the molecule is Cc1ccc(N=C2S/C(=C/c3cc([N+](=O)[O-])ccc3N3CCOCC3)C(=O)N2C2CCCCC2)cc1. The van der Waals surface area contributed by atoms with E-state index >= 15 is 0 Å². The number of hydrogen-bond donors (Lipinski definition) is 0. The van der Waals surface area contributed by atoms with Crippen molar-refractivity contribution in [3.05, 3.63) is 68.6 Å². The first kappa shape index (κ1) is 24.5. The van der Waals surface area contributed by atoms with Gasteiger partial charge in [0, 0.05) is 42.5 Å². The number of nitro groups is 1. The zero-order valence-corrected chi connectivity index (χ0v) is 21.2. The zero-order chi connectivity index (χ0) is 25.1. The van der Waals surface area contributed by atoms with Crippen molar-refractivity contribution in [3.63, 3.8) is 0 Å². The third-order valence-electron chi connectivity index (χ3n) is 6.90. The molecule has 0 atom stereocenters. The summed E-state index contributed by atoms with van der Waals surface area (Å²) < 4.78 is 5.49. The number of carbonyl (C=O) groups excluding carboxylic acids is 1. The summed E-state index contributed by atoms with van der Waals surface area (Å²) in [5.74, 6) is -0.0720. The Kier molecular flexibility index (Phi) is 7.38. The maximum absolute atomic E-state index is 13.8. The molecule has 3 aliphatic rings. The molecule has 1 amide bonds. The van der Waals surface area contributed by atoms with Crippen LogP contribution < -0.4 is 4.90 Å².